The Morgan fingerprint density at radius 2 is 1.20 bits per heavy atom. The van der Waals surface area contributed by atoms with E-state index in [1.807, 2.05) is 0 Å². The van der Waals surface area contributed by atoms with E-state index in [0.717, 1.165) is 0 Å². The Balaban J connectivity index is 4.04. The van der Waals surface area contributed by atoms with Crippen molar-refractivity contribution in [3.05, 3.63) is 0 Å². The normalized spacial score (nSPS) is 14.3. The second-order valence-corrected chi connectivity index (χ2v) is 5.17. The third-order valence-corrected chi connectivity index (χ3v) is 2.39. The topological polar surface area (TPSA) is 35.5 Å². The smallest absolute Gasteiger partial charge is 0.291 e. The van der Waals surface area contributed by atoms with Gasteiger partial charge in [0.05, 0.1) is 0 Å². The molecule has 0 heterocycles. The fourth-order valence-corrected chi connectivity index (χ4v) is 1.39. The van der Waals surface area contributed by atoms with E-state index in [4.69, 9.17) is 0 Å². The van der Waals surface area contributed by atoms with Crippen molar-refractivity contribution in [3.63, 3.8) is 0 Å². The maximum absolute atomic E-state index is 11.5. The van der Waals surface area contributed by atoms with Gasteiger partial charge in [0.25, 0.3) is 0 Å². The van der Waals surface area contributed by atoms with Gasteiger partial charge in [0.2, 0.25) is 0 Å². The summed E-state index contributed by atoms with van der Waals surface area (Å²) in [6.45, 7) is -8.62. The molecule has 0 radical (unpaired) electrons. The van der Waals surface area contributed by atoms with Gasteiger partial charge >= 0.3 is 19.2 Å². The van der Waals surface area contributed by atoms with Gasteiger partial charge in [-0.1, -0.05) is 12.2 Å². The summed E-state index contributed by atoms with van der Waals surface area (Å²) in [6, 6.07) is 0. The van der Waals surface area contributed by atoms with E-state index in [9.17, 15) is 30.9 Å². The van der Waals surface area contributed by atoms with Gasteiger partial charge in [0, 0.05) is 0 Å². The molecule has 0 fully saturated rings. The highest BCUT2D eigenvalue weighted by Crippen LogP contribution is 2.54. The molecule has 11 heteroatoms. The third kappa shape index (κ3) is 10.4. The molecule has 0 aromatic carbocycles. The molecule has 92 valence electrons. The van der Waals surface area contributed by atoms with Crippen LogP contribution in [0.15, 0.2) is 0 Å². The van der Waals surface area contributed by atoms with Crippen molar-refractivity contribution in [3.8, 4) is 0 Å². The van der Waals surface area contributed by atoms with Crippen LogP contribution in [-0.4, -0.2) is 25.6 Å². The van der Waals surface area contributed by atoms with Crippen LogP contribution in [0.5, 0.6) is 0 Å². The van der Waals surface area contributed by atoms with Gasteiger partial charge in [0.1, 0.15) is 0 Å². The fourth-order valence-electron chi connectivity index (χ4n) is 0.347. The van der Waals surface area contributed by atoms with Crippen molar-refractivity contribution in [2.24, 2.45) is 0 Å². The molecule has 0 aliphatic rings. The Labute approximate surface area is 85.4 Å². The first-order valence-corrected chi connectivity index (χ1v) is 5.86. The Bertz CT molecular complexity index is 228. The Morgan fingerprint density at radius 1 is 0.933 bits per heavy atom. The van der Waals surface area contributed by atoms with Crippen LogP contribution in [0.4, 0.5) is 26.3 Å². The summed E-state index contributed by atoms with van der Waals surface area (Å²) in [5, 5.41) is 0. The molecule has 0 amide bonds. The first kappa shape index (κ1) is 15.1. The first-order valence-electron chi connectivity index (χ1n) is 3.17. The monoisotopic (exact) mass is 278 g/mol. The molecule has 0 spiro atoms. The highest BCUT2D eigenvalue weighted by atomic mass is 32.7. The van der Waals surface area contributed by atoms with Crippen LogP contribution >= 0.6 is 19.0 Å². The van der Waals surface area contributed by atoms with Crippen LogP contribution in [0, 0.1) is 0 Å². The molecule has 0 atom stereocenters. The molecule has 0 aliphatic carbocycles. The molecule has 15 heavy (non-hydrogen) atoms. The van der Waals surface area contributed by atoms with Gasteiger partial charge in [-0.25, -0.2) is 4.57 Å². The molecule has 0 aromatic heterocycles. The fraction of sp³-hybridized carbons (Fsp3) is 1.00. The van der Waals surface area contributed by atoms with E-state index in [0.29, 0.717) is 0 Å². The SMILES string of the molecule is O=P(S)(OCC(F)(F)F)OCC(F)(F)F. The van der Waals surface area contributed by atoms with Crippen LogP contribution in [0.2, 0.25) is 0 Å². The largest absolute Gasteiger partial charge is 0.412 e. The summed E-state index contributed by atoms with van der Waals surface area (Å²) in [5.41, 5.74) is 0. The third-order valence-electron chi connectivity index (χ3n) is 0.783. The van der Waals surface area contributed by atoms with E-state index in [1.165, 1.54) is 0 Å². The lowest BCUT2D eigenvalue weighted by Gasteiger charge is -2.15. The summed E-state index contributed by atoms with van der Waals surface area (Å²) < 4.78 is 86.9. The predicted molar refractivity (Wildman–Crippen MR) is 40.6 cm³/mol. The second kappa shape index (κ2) is 4.94. The Kier molecular flexibility index (Phi) is 4.97. The number of hydrogen-bond donors (Lipinski definition) is 1. The molecular formula is C4H5F6O3PS. The minimum atomic E-state index is -4.82. The highest BCUT2D eigenvalue weighted by Gasteiger charge is 2.36. The van der Waals surface area contributed by atoms with Gasteiger partial charge in [-0.2, -0.15) is 26.3 Å². The van der Waals surface area contributed by atoms with E-state index < -0.39 is 32.4 Å². The van der Waals surface area contributed by atoms with Crippen molar-refractivity contribution in [2.45, 2.75) is 12.4 Å². The number of halogens is 6. The summed E-state index contributed by atoms with van der Waals surface area (Å²) in [4.78, 5) is 0. The van der Waals surface area contributed by atoms with Crippen LogP contribution in [0.3, 0.4) is 0 Å². The lowest BCUT2D eigenvalue weighted by atomic mass is 10.7. The first-order chi connectivity index (χ1) is 6.41. The average molecular weight is 278 g/mol. The van der Waals surface area contributed by atoms with E-state index >= 15 is 0 Å². The standard InChI is InChI=1S/C4H5F6O3PS/c5-3(6,7)1-12-14(11,15)13-2-4(8,9)10/h1-2H2,(H,11,15). The summed E-state index contributed by atoms with van der Waals surface area (Å²) in [6.07, 6.45) is -9.64. The molecule has 0 unspecified atom stereocenters. The van der Waals surface area contributed by atoms with E-state index in [1.54, 1.807) is 0 Å². The van der Waals surface area contributed by atoms with Crippen molar-refractivity contribution in [2.75, 3.05) is 13.2 Å². The van der Waals surface area contributed by atoms with Gasteiger partial charge in [-0.15, -0.1) is 0 Å². The molecule has 3 nitrogen and oxygen atoms in total. The molecule has 0 bridgehead atoms. The van der Waals surface area contributed by atoms with Gasteiger partial charge < -0.3 is 0 Å². The molecule has 0 N–H and O–H groups in total. The van der Waals surface area contributed by atoms with Crippen molar-refractivity contribution >= 4 is 19.0 Å². The van der Waals surface area contributed by atoms with Crippen LogP contribution in [0.25, 0.3) is 0 Å². The molecule has 0 aliphatic heterocycles. The highest BCUT2D eigenvalue weighted by molar-refractivity contribution is 8.44. The minimum absolute atomic E-state index is 1.99. The molecule has 0 aromatic rings. The van der Waals surface area contributed by atoms with Gasteiger partial charge in [-0.3, -0.25) is 9.05 Å². The van der Waals surface area contributed by atoms with Crippen LogP contribution < -0.4 is 0 Å². The average Bonchev–Trinajstić information content (AvgIpc) is 1.96. The quantitative estimate of drug-likeness (QED) is 0.487. The lowest BCUT2D eigenvalue weighted by Crippen LogP contribution is -2.18. The van der Waals surface area contributed by atoms with Crippen LogP contribution in [0.1, 0.15) is 0 Å². The van der Waals surface area contributed by atoms with Crippen molar-refractivity contribution < 1.29 is 40.0 Å². The summed E-state index contributed by atoms with van der Waals surface area (Å²) >= 11 is 2.92. The van der Waals surface area contributed by atoms with Crippen molar-refractivity contribution in [1.29, 1.82) is 0 Å². The zero-order valence-corrected chi connectivity index (χ0v) is 8.59. The number of thiol groups is 1. The Hall–Kier alpha value is 0.0800. The maximum atomic E-state index is 11.5. The number of alkyl halides is 6. The lowest BCUT2D eigenvalue weighted by molar-refractivity contribution is -0.163. The van der Waals surface area contributed by atoms with Gasteiger partial charge in [-0.05, 0) is 0 Å². The van der Waals surface area contributed by atoms with Crippen molar-refractivity contribution in [1.82, 2.24) is 0 Å². The summed E-state index contributed by atoms with van der Waals surface area (Å²) in [5.74, 6) is 0. The predicted octanol–water partition coefficient (Wildman–Crippen LogP) is 3.18. The van der Waals surface area contributed by atoms with E-state index in [-0.39, 0.29) is 0 Å². The zero-order valence-electron chi connectivity index (χ0n) is 6.80. The maximum Gasteiger partial charge on any atom is 0.412 e. The van der Waals surface area contributed by atoms with Crippen LogP contribution in [-0.2, 0) is 13.6 Å². The molecule has 0 rings (SSSR count). The minimum Gasteiger partial charge on any atom is -0.291 e. The van der Waals surface area contributed by atoms with Gasteiger partial charge in [0.15, 0.2) is 13.2 Å². The molecular weight excluding hydrogens is 273 g/mol. The number of hydrogen-bond acceptors (Lipinski definition) is 3. The number of rotatable bonds is 4. The Morgan fingerprint density at radius 3 is 1.40 bits per heavy atom. The van der Waals surface area contributed by atoms with E-state index in [2.05, 4.69) is 21.3 Å². The molecule has 0 saturated carbocycles. The molecule has 0 saturated heterocycles. The zero-order chi connectivity index (χ0) is 12.3. The summed E-state index contributed by atoms with van der Waals surface area (Å²) in [7, 11) is 0. The second-order valence-electron chi connectivity index (χ2n) is 2.25.